The van der Waals surface area contributed by atoms with Gasteiger partial charge in [0.1, 0.15) is 17.9 Å². The van der Waals surface area contributed by atoms with E-state index in [4.69, 9.17) is 10.00 Å². The number of benzene rings is 3. The van der Waals surface area contributed by atoms with Crippen molar-refractivity contribution in [2.75, 3.05) is 31.1 Å². The molecule has 0 atom stereocenters. The van der Waals surface area contributed by atoms with Gasteiger partial charge in [-0.15, -0.1) is 0 Å². The number of nitriles is 1. The van der Waals surface area contributed by atoms with Crippen LogP contribution in [0, 0.1) is 17.1 Å². The van der Waals surface area contributed by atoms with Crippen molar-refractivity contribution < 1.29 is 13.9 Å². The van der Waals surface area contributed by atoms with Crippen molar-refractivity contribution in [2.45, 2.75) is 26.2 Å². The van der Waals surface area contributed by atoms with Crippen LogP contribution in [0.5, 0.6) is 11.5 Å². The lowest BCUT2D eigenvalue weighted by atomic mass is 9.92. The summed E-state index contributed by atoms with van der Waals surface area (Å²) in [6.45, 7) is 6.47. The normalized spacial score (nSPS) is 13.3. The highest BCUT2D eigenvalue weighted by Gasteiger charge is 2.25. The molecule has 0 spiro atoms. The molecule has 0 radical (unpaired) electrons. The molecule has 0 unspecified atom stereocenters. The number of halogens is 1. The molecule has 0 bridgehead atoms. The Morgan fingerprint density at radius 1 is 1.00 bits per heavy atom. The van der Waals surface area contributed by atoms with Gasteiger partial charge in [-0.2, -0.15) is 5.26 Å². The molecule has 1 aromatic heterocycles. The van der Waals surface area contributed by atoms with Gasteiger partial charge in [0.25, 0.3) is 0 Å². The first-order valence-electron chi connectivity index (χ1n) is 13.3. The van der Waals surface area contributed by atoms with Gasteiger partial charge in [-0.3, -0.25) is 4.79 Å². The fourth-order valence-electron chi connectivity index (χ4n) is 4.94. The number of nitrogens with zero attached hydrogens (tertiary/aromatic N) is 5. The van der Waals surface area contributed by atoms with Gasteiger partial charge in [-0.25, -0.2) is 14.4 Å². The van der Waals surface area contributed by atoms with E-state index >= 15 is 0 Å². The van der Waals surface area contributed by atoms with Crippen LogP contribution in [0.3, 0.4) is 0 Å². The largest absolute Gasteiger partial charge is 0.451 e. The Morgan fingerprint density at radius 2 is 1.75 bits per heavy atom. The molecule has 7 nitrogen and oxygen atoms in total. The molecule has 3 aromatic carbocycles. The number of anilines is 1. The first-order valence-corrected chi connectivity index (χ1v) is 13.3. The standard InChI is InChI=1S/C32H30FN5O2/c1-22(2)26-5-3-4-6-27(26)28-18-25(33)11-12-29(28)40-30-20-35-21-36-32(30)38-15-13-37(14-16-38)31(39)17-23-7-9-24(19-34)10-8-23/h3-12,18,20-22H,13-17H2,1-2H3. The maximum Gasteiger partial charge on any atom is 0.227 e. The molecule has 8 heteroatoms. The Hall–Kier alpha value is -4.77. The molecule has 0 aliphatic carbocycles. The minimum atomic E-state index is -0.341. The smallest absolute Gasteiger partial charge is 0.227 e. The summed E-state index contributed by atoms with van der Waals surface area (Å²) in [4.78, 5) is 25.5. The van der Waals surface area contributed by atoms with Crippen LogP contribution in [0.4, 0.5) is 10.2 Å². The number of carbonyl (C=O) groups is 1. The summed E-state index contributed by atoms with van der Waals surface area (Å²) >= 11 is 0. The highest BCUT2D eigenvalue weighted by atomic mass is 19.1. The van der Waals surface area contributed by atoms with E-state index in [1.165, 1.54) is 18.5 Å². The SMILES string of the molecule is CC(C)c1ccccc1-c1cc(F)ccc1Oc1cncnc1N1CCN(C(=O)Cc2ccc(C#N)cc2)CC1. The molecule has 4 aromatic rings. The fraction of sp³-hybridized carbons (Fsp3) is 0.250. The zero-order chi connectivity index (χ0) is 28.1. The Kier molecular flexibility index (Phi) is 8.02. The molecular formula is C32H30FN5O2. The van der Waals surface area contributed by atoms with Crippen molar-refractivity contribution in [3.05, 3.63) is 102 Å². The van der Waals surface area contributed by atoms with Crippen LogP contribution >= 0.6 is 0 Å². The molecule has 2 heterocycles. The number of amides is 1. The second kappa shape index (κ2) is 12.0. The average Bonchev–Trinajstić information content (AvgIpc) is 2.99. The Bertz CT molecular complexity index is 1540. The maximum absolute atomic E-state index is 14.4. The van der Waals surface area contributed by atoms with Crippen LogP contribution in [0.2, 0.25) is 0 Å². The highest BCUT2D eigenvalue weighted by molar-refractivity contribution is 5.79. The lowest BCUT2D eigenvalue weighted by Gasteiger charge is -2.36. The molecular weight excluding hydrogens is 505 g/mol. The van der Waals surface area contributed by atoms with E-state index in [1.54, 1.807) is 24.4 Å². The first kappa shape index (κ1) is 26.8. The summed E-state index contributed by atoms with van der Waals surface area (Å²) in [5.41, 5.74) is 4.14. The van der Waals surface area contributed by atoms with Gasteiger partial charge in [0.15, 0.2) is 11.6 Å². The average molecular weight is 536 g/mol. The third-order valence-electron chi connectivity index (χ3n) is 7.06. The summed E-state index contributed by atoms with van der Waals surface area (Å²) in [5, 5.41) is 8.98. The van der Waals surface area contributed by atoms with Gasteiger partial charge in [-0.05, 0) is 52.9 Å². The third kappa shape index (κ3) is 5.94. The number of hydrogen-bond donors (Lipinski definition) is 0. The van der Waals surface area contributed by atoms with Crippen molar-refractivity contribution in [1.82, 2.24) is 14.9 Å². The second-order valence-corrected chi connectivity index (χ2v) is 10.0. The first-order chi connectivity index (χ1) is 19.4. The van der Waals surface area contributed by atoms with Crippen molar-refractivity contribution in [2.24, 2.45) is 0 Å². The molecule has 1 amide bonds. The zero-order valence-electron chi connectivity index (χ0n) is 22.5. The maximum atomic E-state index is 14.4. The number of ether oxygens (including phenoxy) is 1. The summed E-state index contributed by atoms with van der Waals surface area (Å²) < 4.78 is 20.8. The van der Waals surface area contributed by atoms with Crippen LogP contribution in [0.15, 0.2) is 79.3 Å². The summed E-state index contributed by atoms with van der Waals surface area (Å²) in [6, 6.07) is 21.7. The van der Waals surface area contributed by atoms with E-state index in [9.17, 15) is 9.18 Å². The molecule has 1 fully saturated rings. The predicted molar refractivity (Wildman–Crippen MR) is 152 cm³/mol. The monoisotopic (exact) mass is 535 g/mol. The minimum absolute atomic E-state index is 0.0447. The quantitative estimate of drug-likeness (QED) is 0.290. The van der Waals surface area contributed by atoms with Crippen LogP contribution < -0.4 is 9.64 Å². The highest BCUT2D eigenvalue weighted by Crippen LogP contribution is 2.39. The van der Waals surface area contributed by atoms with Gasteiger partial charge >= 0.3 is 0 Å². The topological polar surface area (TPSA) is 82.4 Å². The van der Waals surface area contributed by atoms with E-state index in [-0.39, 0.29) is 17.6 Å². The summed E-state index contributed by atoms with van der Waals surface area (Å²) in [5.74, 6) is 1.56. The number of rotatable bonds is 7. The molecule has 1 aliphatic rings. The number of carbonyl (C=O) groups excluding carboxylic acids is 1. The summed E-state index contributed by atoms with van der Waals surface area (Å²) in [7, 11) is 0. The Balaban J connectivity index is 1.32. The Morgan fingerprint density at radius 3 is 2.48 bits per heavy atom. The third-order valence-corrected chi connectivity index (χ3v) is 7.06. The van der Waals surface area contributed by atoms with E-state index in [0.29, 0.717) is 61.0 Å². The number of hydrogen-bond acceptors (Lipinski definition) is 6. The Labute approximate surface area is 233 Å². The molecule has 0 saturated carbocycles. The molecule has 1 saturated heterocycles. The lowest BCUT2D eigenvalue weighted by molar-refractivity contribution is -0.130. The summed E-state index contributed by atoms with van der Waals surface area (Å²) in [6.07, 6.45) is 3.38. The van der Waals surface area contributed by atoms with Crippen molar-refractivity contribution in [3.63, 3.8) is 0 Å². The molecule has 202 valence electrons. The lowest BCUT2D eigenvalue weighted by Crippen LogP contribution is -2.49. The number of piperazine rings is 1. The molecule has 1 aliphatic heterocycles. The molecule has 0 N–H and O–H groups in total. The second-order valence-electron chi connectivity index (χ2n) is 10.0. The molecule has 40 heavy (non-hydrogen) atoms. The fourth-order valence-corrected chi connectivity index (χ4v) is 4.94. The number of aromatic nitrogens is 2. The van der Waals surface area contributed by atoms with Crippen LogP contribution in [-0.2, 0) is 11.2 Å². The van der Waals surface area contributed by atoms with Crippen LogP contribution in [0.25, 0.3) is 11.1 Å². The zero-order valence-corrected chi connectivity index (χ0v) is 22.5. The van der Waals surface area contributed by atoms with Gasteiger partial charge in [0.05, 0.1) is 24.3 Å². The van der Waals surface area contributed by atoms with Crippen molar-refractivity contribution >= 4 is 11.7 Å². The predicted octanol–water partition coefficient (Wildman–Crippen LogP) is 5.96. The van der Waals surface area contributed by atoms with Crippen LogP contribution in [0.1, 0.15) is 36.5 Å². The van der Waals surface area contributed by atoms with E-state index in [0.717, 1.165) is 16.7 Å². The van der Waals surface area contributed by atoms with Crippen molar-refractivity contribution in [3.8, 4) is 28.7 Å². The van der Waals surface area contributed by atoms with E-state index in [2.05, 4.69) is 34.8 Å². The van der Waals surface area contributed by atoms with Gasteiger partial charge in [0.2, 0.25) is 5.91 Å². The van der Waals surface area contributed by atoms with Gasteiger partial charge < -0.3 is 14.5 Å². The van der Waals surface area contributed by atoms with E-state index in [1.807, 2.05) is 41.3 Å². The molecule has 5 rings (SSSR count). The minimum Gasteiger partial charge on any atom is -0.451 e. The van der Waals surface area contributed by atoms with Crippen molar-refractivity contribution in [1.29, 1.82) is 5.26 Å². The van der Waals surface area contributed by atoms with Crippen LogP contribution in [-0.4, -0.2) is 47.0 Å². The van der Waals surface area contributed by atoms with Gasteiger partial charge in [-0.1, -0.05) is 50.2 Å². The van der Waals surface area contributed by atoms with E-state index < -0.39 is 0 Å². The van der Waals surface area contributed by atoms with Gasteiger partial charge in [0, 0.05) is 31.7 Å².